The second kappa shape index (κ2) is 8.68. The second-order valence-electron chi connectivity index (χ2n) is 7.52. The highest BCUT2D eigenvalue weighted by Crippen LogP contribution is 2.44. The standard InChI is InChI=1S/C25H18FN3O4S/c1-2-33-17-7-8-18-19(13-17)34-25(28-18)29-21(14-3-5-16(26)6-4-14)20(23(31)24(29)32)22(30)15-9-11-27-12-10-15/h3-13,21,30H,2H2,1H3. The minimum atomic E-state index is -0.985. The van der Waals surface area contributed by atoms with Crippen LogP contribution in [0.25, 0.3) is 16.0 Å². The van der Waals surface area contributed by atoms with Crippen molar-refractivity contribution in [3.8, 4) is 5.75 Å². The number of rotatable bonds is 5. The molecule has 7 nitrogen and oxygen atoms in total. The summed E-state index contributed by atoms with van der Waals surface area (Å²) in [5.41, 5.74) is 1.34. The molecule has 0 bridgehead atoms. The van der Waals surface area contributed by atoms with Gasteiger partial charge in [0, 0.05) is 18.0 Å². The molecule has 1 aliphatic heterocycles. The van der Waals surface area contributed by atoms with Gasteiger partial charge >= 0.3 is 5.91 Å². The summed E-state index contributed by atoms with van der Waals surface area (Å²) in [5, 5.41) is 11.3. The van der Waals surface area contributed by atoms with Gasteiger partial charge in [-0.25, -0.2) is 9.37 Å². The summed E-state index contributed by atoms with van der Waals surface area (Å²) in [6.45, 7) is 2.39. The number of anilines is 1. The Morgan fingerprint density at radius 2 is 1.85 bits per heavy atom. The van der Waals surface area contributed by atoms with Gasteiger partial charge < -0.3 is 9.84 Å². The third-order valence-corrected chi connectivity index (χ3v) is 6.47. The van der Waals surface area contributed by atoms with Crippen molar-refractivity contribution in [3.05, 3.63) is 89.5 Å². The van der Waals surface area contributed by atoms with Crippen molar-refractivity contribution >= 4 is 44.1 Å². The number of pyridine rings is 1. The molecule has 1 amide bonds. The van der Waals surface area contributed by atoms with E-state index in [-0.39, 0.29) is 16.5 Å². The molecule has 1 N–H and O–H groups in total. The molecule has 5 rings (SSSR count). The van der Waals surface area contributed by atoms with Crippen LogP contribution in [0.5, 0.6) is 5.75 Å². The number of ketones is 1. The first kappa shape index (κ1) is 21.7. The maximum atomic E-state index is 13.7. The number of fused-ring (bicyclic) bond motifs is 1. The Kier molecular flexibility index (Phi) is 5.54. The summed E-state index contributed by atoms with van der Waals surface area (Å²) in [4.78, 5) is 36.2. The van der Waals surface area contributed by atoms with Gasteiger partial charge in [-0.1, -0.05) is 23.5 Å². The number of carbonyl (C=O) groups excluding carboxylic acids is 2. The predicted octanol–water partition coefficient (Wildman–Crippen LogP) is 4.86. The van der Waals surface area contributed by atoms with Crippen molar-refractivity contribution in [2.45, 2.75) is 13.0 Å². The van der Waals surface area contributed by atoms with Crippen molar-refractivity contribution in [2.75, 3.05) is 11.5 Å². The SMILES string of the molecule is CCOc1ccc2nc(N3C(=O)C(=O)C(=C(O)c4ccncc4)C3c3ccc(F)cc3)sc2c1. The van der Waals surface area contributed by atoms with Crippen LogP contribution in [0.1, 0.15) is 24.1 Å². The Bertz CT molecular complexity index is 1430. The molecule has 2 aromatic heterocycles. The number of thiazole rings is 1. The van der Waals surface area contributed by atoms with Gasteiger partial charge in [0.1, 0.15) is 17.3 Å². The highest BCUT2D eigenvalue weighted by Gasteiger charge is 2.48. The number of halogens is 1. The van der Waals surface area contributed by atoms with E-state index in [0.717, 1.165) is 4.70 Å². The predicted molar refractivity (Wildman–Crippen MR) is 126 cm³/mol. The number of nitrogens with zero attached hydrogens (tertiary/aromatic N) is 3. The van der Waals surface area contributed by atoms with Crippen molar-refractivity contribution in [1.29, 1.82) is 0 Å². The minimum Gasteiger partial charge on any atom is -0.507 e. The number of aromatic nitrogens is 2. The van der Waals surface area contributed by atoms with Crippen LogP contribution in [0.4, 0.5) is 9.52 Å². The molecule has 4 aromatic rings. The van der Waals surface area contributed by atoms with E-state index >= 15 is 0 Å². The molecule has 0 saturated carbocycles. The second-order valence-corrected chi connectivity index (χ2v) is 8.52. The fourth-order valence-electron chi connectivity index (χ4n) is 3.91. The summed E-state index contributed by atoms with van der Waals surface area (Å²) >= 11 is 1.22. The Morgan fingerprint density at radius 1 is 1.12 bits per heavy atom. The number of benzene rings is 2. The monoisotopic (exact) mass is 475 g/mol. The Hall–Kier alpha value is -4.11. The van der Waals surface area contributed by atoms with E-state index in [4.69, 9.17) is 4.74 Å². The lowest BCUT2D eigenvalue weighted by Crippen LogP contribution is -2.29. The molecule has 3 heterocycles. The van der Waals surface area contributed by atoms with E-state index in [1.807, 2.05) is 13.0 Å². The first-order chi connectivity index (χ1) is 16.5. The molecule has 0 spiro atoms. The smallest absolute Gasteiger partial charge is 0.301 e. The molecule has 1 atom stereocenters. The van der Waals surface area contributed by atoms with Crippen LogP contribution in [0.2, 0.25) is 0 Å². The van der Waals surface area contributed by atoms with Gasteiger partial charge in [0.25, 0.3) is 5.78 Å². The minimum absolute atomic E-state index is 0.0999. The van der Waals surface area contributed by atoms with Gasteiger partial charge in [0.15, 0.2) is 5.13 Å². The highest BCUT2D eigenvalue weighted by atomic mass is 32.1. The first-order valence-electron chi connectivity index (χ1n) is 10.5. The molecule has 0 radical (unpaired) electrons. The average Bonchev–Trinajstić information content (AvgIpc) is 3.38. The average molecular weight is 476 g/mol. The lowest BCUT2D eigenvalue weighted by molar-refractivity contribution is -0.132. The third-order valence-electron chi connectivity index (χ3n) is 5.45. The van der Waals surface area contributed by atoms with Gasteiger partial charge in [0.05, 0.1) is 28.4 Å². The molecule has 1 saturated heterocycles. The quantitative estimate of drug-likeness (QED) is 0.252. The molecule has 170 valence electrons. The lowest BCUT2D eigenvalue weighted by Gasteiger charge is -2.22. The molecular formula is C25H18FN3O4S. The first-order valence-corrected chi connectivity index (χ1v) is 11.3. The number of hydrogen-bond acceptors (Lipinski definition) is 7. The molecule has 9 heteroatoms. The zero-order valence-electron chi connectivity index (χ0n) is 17.9. The summed E-state index contributed by atoms with van der Waals surface area (Å²) in [5.74, 6) is -1.80. The van der Waals surface area contributed by atoms with Gasteiger partial charge in [0.2, 0.25) is 0 Å². The molecule has 1 aliphatic rings. The van der Waals surface area contributed by atoms with Gasteiger partial charge in [-0.05, 0) is 55.0 Å². The zero-order valence-corrected chi connectivity index (χ0v) is 18.8. The van der Waals surface area contributed by atoms with Crippen LogP contribution in [0.15, 0.2) is 72.6 Å². The summed E-state index contributed by atoms with van der Waals surface area (Å²) < 4.78 is 20.0. The Labute approximate surface area is 197 Å². The van der Waals surface area contributed by atoms with E-state index in [0.29, 0.717) is 29.0 Å². The topological polar surface area (TPSA) is 92.6 Å². The number of aliphatic hydroxyl groups is 1. The van der Waals surface area contributed by atoms with Gasteiger partial charge in [-0.3, -0.25) is 19.5 Å². The summed E-state index contributed by atoms with van der Waals surface area (Å²) in [6, 6.07) is 12.9. The maximum Gasteiger partial charge on any atom is 0.301 e. The summed E-state index contributed by atoms with van der Waals surface area (Å²) in [7, 11) is 0. The van der Waals surface area contributed by atoms with Crippen LogP contribution in [0.3, 0.4) is 0 Å². The molecule has 2 aromatic carbocycles. The number of carbonyl (C=O) groups is 2. The van der Waals surface area contributed by atoms with E-state index in [9.17, 15) is 19.1 Å². The van der Waals surface area contributed by atoms with E-state index < -0.39 is 23.5 Å². The number of ether oxygens (including phenoxy) is 1. The Morgan fingerprint density at radius 3 is 2.56 bits per heavy atom. The fraction of sp³-hybridized carbons (Fsp3) is 0.120. The number of aliphatic hydroxyl groups excluding tert-OH is 1. The maximum absolute atomic E-state index is 13.7. The highest BCUT2D eigenvalue weighted by molar-refractivity contribution is 7.22. The van der Waals surface area contributed by atoms with Gasteiger partial charge in [-0.2, -0.15) is 0 Å². The van der Waals surface area contributed by atoms with E-state index in [1.54, 1.807) is 12.1 Å². The third kappa shape index (κ3) is 3.69. The van der Waals surface area contributed by atoms with Crippen LogP contribution in [-0.2, 0) is 9.59 Å². The normalized spacial score (nSPS) is 17.5. The van der Waals surface area contributed by atoms with Crippen LogP contribution in [0, 0.1) is 5.82 Å². The van der Waals surface area contributed by atoms with Gasteiger partial charge in [-0.15, -0.1) is 0 Å². The molecule has 1 unspecified atom stereocenters. The van der Waals surface area contributed by atoms with Crippen molar-refractivity contribution < 1.29 is 23.8 Å². The van der Waals surface area contributed by atoms with Crippen molar-refractivity contribution in [3.63, 3.8) is 0 Å². The largest absolute Gasteiger partial charge is 0.507 e. The zero-order chi connectivity index (χ0) is 23.8. The van der Waals surface area contributed by atoms with Crippen molar-refractivity contribution in [1.82, 2.24) is 9.97 Å². The molecular weight excluding hydrogens is 457 g/mol. The Balaban J connectivity index is 1.69. The number of Topliss-reactive ketones (excluding diaryl/α,β-unsaturated/α-hetero) is 1. The molecule has 34 heavy (non-hydrogen) atoms. The van der Waals surface area contributed by atoms with E-state index in [2.05, 4.69) is 9.97 Å². The lowest BCUT2D eigenvalue weighted by atomic mass is 9.95. The summed E-state index contributed by atoms with van der Waals surface area (Å²) in [6.07, 6.45) is 2.95. The van der Waals surface area contributed by atoms with Crippen LogP contribution < -0.4 is 9.64 Å². The fourth-order valence-corrected chi connectivity index (χ4v) is 4.93. The van der Waals surface area contributed by atoms with E-state index in [1.165, 1.54) is 65.0 Å². The number of hydrogen-bond donors (Lipinski definition) is 1. The van der Waals surface area contributed by atoms with Crippen LogP contribution >= 0.6 is 11.3 Å². The number of amides is 1. The molecule has 1 fully saturated rings. The van der Waals surface area contributed by atoms with Crippen LogP contribution in [-0.4, -0.2) is 33.4 Å². The molecule has 0 aliphatic carbocycles. The van der Waals surface area contributed by atoms with Crippen molar-refractivity contribution in [2.24, 2.45) is 0 Å².